The van der Waals surface area contributed by atoms with Gasteiger partial charge in [-0.3, -0.25) is 9.69 Å². The second kappa shape index (κ2) is 9.71. The predicted octanol–water partition coefficient (Wildman–Crippen LogP) is 1.33. The van der Waals surface area contributed by atoms with E-state index < -0.39 is 0 Å². The molecule has 7 heteroatoms. The molecular weight excluding hydrogens is 344 g/mol. The molecule has 7 nitrogen and oxygen atoms in total. The van der Waals surface area contributed by atoms with Crippen LogP contribution in [0.5, 0.6) is 0 Å². The average molecular weight is 374 g/mol. The molecule has 1 unspecified atom stereocenters. The van der Waals surface area contributed by atoms with E-state index in [0.29, 0.717) is 13.1 Å². The Labute approximate surface area is 161 Å². The molecule has 0 bridgehead atoms. The zero-order valence-electron chi connectivity index (χ0n) is 16.1. The Balaban J connectivity index is 1.53. The first-order valence-electron chi connectivity index (χ1n) is 9.78. The highest BCUT2D eigenvalue weighted by Crippen LogP contribution is 2.14. The first-order chi connectivity index (χ1) is 13.1. The average Bonchev–Trinajstić information content (AvgIpc) is 2.67. The topological polar surface area (TPSA) is 73.9 Å². The third-order valence-electron chi connectivity index (χ3n) is 5.16. The summed E-state index contributed by atoms with van der Waals surface area (Å²) in [5.74, 6) is -0.0423. The number of hydrogen-bond donors (Lipinski definition) is 2. The highest BCUT2D eigenvalue weighted by molar-refractivity contribution is 5.75. The molecule has 148 valence electrons. The lowest BCUT2D eigenvalue weighted by Crippen LogP contribution is -2.51. The van der Waals surface area contributed by atoms with E-state index in [-0.39, 0.29) is 18.0 Å². The van der Waals surface area contributed by atoms with Crippen LogP contribution < -0.4 is 10.6 Å². The van der Waals surface area contributed by atoms with Gasteiger partial charge in [0.15, 0.2) is 0 Å². The molecule has 0 spiro atoms. The van der Waals surface area contributed by atoms with Gasteiger partial charge >= 0.3 is 6.03 Å². The Morgan fingerprint density at radius 1 is 1.15 bits per heavy atom. The molecule has 2 saturated heterocycles. The minimum Gasteiger partial charge on any atom is -0.379 e. The monoisotopic (exact) mass is 374 g/mol. The number of urea groups is 1. The number of amides is 3. The second-order valence-corrected chi connectivity index (χ2v) is 7.30. The van der Waals surface area contributed by atoms with E-state index in [2.05, 4.69) is 27.7 Å². The molecule has 3 amide bonds. The van der Waals surface area contributed by atoms with Crippen LogP contribution in [0.15, 0.2) is 24.3 Å². The number of ether oxygens (including phenoxy) is 1. The quantitative estimate of drug-likeness (QED) is 0.816. The number of carbonyl (C=O) groups excluding carboxylic acids is 2. The summed E-state index contributed by atoms with van der Waals surface area (Å²) in [6.07, 6.45) is 1.83. The van der Waals surface area contributed by atoms with Gasteiger partial charge in [-0.1, -0.05) is 24.3 Å². The summed E-state index contributed by atoms with van der Waals surface area (Å²) in [4.78, 5) is 28.0. The van der Waals surface area contributed by atoms with Crippen molar-refractivity contribution in [2.24, 2.45) is 0 Å². The Hall–Kier alpha value is -2.12. The number of morpholine rings is 1. The minimum absolute atomic E-state index is 0.0423. The van der Waals surface area contributed by atoms with Gasteiger partial charge in [0.1, 0.15) is 0 Å². The van der Waals surface area contributed by atoms with Crippen molar-refractivity contribution >= 4 is 11.9 Å². The maximum absolute atomic E-state index is 12.6. The molecular formula is C20H30N4O3. The first-order valence-corrected chi connectivity index (χ1v) is 9.78. The molecule has 1 atom stereocenters. The molecule has 27 heavy (non-hydrogen) atoms. The van der Waals surface area contributed by atoms with E-state index >= 15 is 0 Å². The number of piperidine rings is 1. The van der Waals surface area contributed by atoms with Gasteiger partial charge in [-0.15, -0.1) is 0 Å². The van der Waals surface area contributed by atoms with E-state index in [0.717, 1.165) is 57.8 Å². The van der Waals surface area contributed by atoms with Crippen LogP contribution in [-0.2, 0) is 22.6 Å². The van der Waals surface area contributed by atoms with Gasteiger partial charge in [0.2, 0.25) is 5.91 Å². The van der Waals surface area contributed by atoms with Crippen molar-refractivity contribution in [3.63, 3.8) is 0 Å². The van der Waals surface area contributed by atoms with Gasteiger partial charge in [-0.05, 0) is 24.0 Å². The fraction of sp³-hybridized carbons (Fsp3) is 0.600. The number of nitrogens with one attached hydrogen (secondary N) is 2. The molecule has 2 N–H and O–H groups in total. The van der Waals surface area contributed by atoms with Crippen LogP contribution in [0.3, 0.4) is 0 Å². The molecule has 1 aromatic carbocycles. The minimum atomic E-state index is -0.0637. The Morgan fingerprint density at radius 3 is 2.63 bits per heavy atom. The van der Waals surface area contributed by atoms with Crippen molar-refractivity contribution in [1.29, 1.82) is 0 Å². The lowest BCUT2D eigenvalue weighted by molar-refractivity contribution is -0.119. The van der Waals surface area contributed by atoms with Crippen LogP contribution in [0.1, 0.15) is 30.9 Å². The van der Waals surface area contributed by atoms with Crippen molar-refractivity contribution in [3.05, 3.63) is 35.4 Å². The lowest BCUT2D eigenvalue weighted by Gasteiger charge is -2.33. The van der Waals surface area contributed by atoms with Crippen molar-refractivity contribution < 1.29 is 14.3 Å². The van der Waals surface area contributed by atoms with Gasteiger partial charge in [0.05, 0.1) is 13.2 Å². The fourth-order valence-electron chi connectivity index (χ4n) is 3.73. The molecule has 3 rings (SSSR count). The van der Waals surface area contributed by atoms with Gasteiger partial charge in [-0.2, -0.15) is 0 Å². The molecule has 0 aromatic heterocycles. The predicted molar refractivity (Wildman–Crippen MR) is 103 cm³/mol. The molecule has 2 fully saturated rings. The summed E-state index contributed by atoms with van der Waals surface area (Å²) in [6, 6.07) is 8.25. The van der Waals surface area contributed by atoms with Crippen molar-refractivity contribution in [3.8, 4) is 0 Å². The Bertz CT molecular complexity index is 646. The first kappa shape index (κ1) is 19.6. The van der Waals surface area contributed by atoms with Crippen molar-refractivity contribution in [2.75, 3.05) is 39.4 Å². The second-order valence-electron chi connectivity index (χ2n) is 7.30. The summed E-state index contributed by atoms with van der Waals surface area (Å²) in [7, 11) is 0. The van der Waals surface area contributed by atoms with Gasteiger partial charge < -0.3 is 20.3 Å². The lowest BCUT2D eigenvalue weighted by atomic mass is 10.1. The van der Waals surface area contributed by atoms with Crippen LogP contribution in [0, 0.1) is 0 Å². The normalized spacial score (nSPS) is 20.9. The molecule has 1 aromatic rings. The Kier molecular flexibility index (Phi) is 7.06. The highest BCUT2D eigenvalue weighted by atomic mass is 16.5. The SMILES string of the molecule is CC(=O)NC1CCCN(C(=O)NCc2ccccc2CN2CCOCC2)C1. The highest BCUT2D eigenvalue weighted by Gasteiger charge is 2.24. The van der Waals surface area contributed by atoms with E-state index in [1.54, 1.807) is 4.90 Å². The standard InChI is InChI=1S/C20H30N4O3/c1-16(25)22-19-7-4-8-24(15-19)20(26)21-13-17-5-2-3-6-18(17)14-23-9-11-27-12-10-23/h2-3,5-6,19H,4,7-15H2,1H3,(H,21,26)(H,22,25). The van der Waals surface area contributed by atoms with Crippen LogP contribution in [0.25, 0.3) is 0 Å². The van der Waals surface area contributed by atoms with E-state index in [1.165, 1.54) is 12.5 Å². The smallest absolute Gasteiger partial charge is 0.317 e. The molecule has 0 aliphatic carbocycles. The van der Waals surface area contributed by atoms with E-state index in [1.807, 2.05) is 12.1 Å². The van der Waals surface area contributed by atoms with Crippen molar-refractivity contribution in [2.45, 2.75) is 38.9 Å². The maximum atomic E-state index is 12.6. The van der Waals surface area contributed by atoms with Gasteiger partial charge in [0, 0.05) is 52.2 Å². The van der Waals surface area contributed by atoms with Gasteiger partial charge in [0.25, 0.3) is 0 Å². The molecule has 2 heterocycles. The number of hydrogen-bond acceptors (Lipinski definition) is 4. The zero-order chi connectivity index (χ0) is 19.1. The molecule has 0 radical (unpaired) electrons. The zero-order valence-corrected chi connectivity index (χ0v) is 16.1. The Morgan fingerprint density at radius 2 is 1.89 bits per heavy atom. The molecule has 0 saturated carbocycles. The largest absolute Gasteiger partial charge is 0.379 e. The third kappa shape index (κ3) is 5.94. The van der Waals surface area contributed by atoms with Crippen LogP contribution in [-0.4, -0.2) is 67.2 Å². The third-order valence-corrected chi connectivity index (χ3v) is 5.16. The van der Waals surface area contributed by atoms with Gasteiger partial charge in [-0.25, -0.2) is 4.79 Å². The summed E-state index contributed by atoms with van der Waals surface area (Å²) < 4.78 is 5.42. The number of rotatable bonds is 5. The number of likely N-dealkylation sites (tertiary alicyclic amines) is 1. The number of benzene rings is 1. The summed E-state index contributed by atoms with van der Waals surface area (Å²) in [5, 5.41) is 5.97. The summed E-state index contributed by atoms with van der Waals surface area (Å²) in [6.45, 7) is 7.66. The maximum Gasteiger partial charge on any atom is 0.317 e. The van der Waals surface area contributed by atoms with Crippen LogP contribution in [0.4, 0.5) is 4.79 Å². The van der Waals surface area contributed by atoms with Crippen LogP contribution in [0.2, 0.25) is 0 Å². The molecule has 2 aliphatic heterocycles. The number of nitrogens with zero attached hydrogens (tertiary/aromatic N) is 2. The number of carbonyl (C=O) groups is 2. The van der Waals surface area contributed by atoms with E-state index in [4.69, 9.17) is 4.74 Å². The summed E-state index contributed by atoms with van der Waals surface area (Å²) >= 11 is 0. The van der Waals surface area contributed by atoms with Crippen molar-refractivity contribution in [1.82, 2.24) is 20.4 Å². The fourth-order valence-corrected chi connectivity index (χ4v) is 3.73. The van der Waals surface area contributed by atoms with E-state index in [9.17, 15) is 9.59 Å². The molecule has 2 aliphatic rings. The van der Waals surface area contributed by atoms with Crippen LogP contribution >= 0.6 is 0 Å². The summed E-state index contributed by atoms with van der Waals surface area (Å²) in [5.41, 5.74) is 2.39.